The standard InChI is InChI=1S/C24H29F3N6O3/c1-14-12-33-13-18(31-21(35-5)20(33)29-14)15-10-17(24(25,26)27)19(28-11-15)32-8-6-16(7-9-32)30-22(34)36-23(2,3)4/h10-13,16H,6-9H2,1-5H3,(H,30,34). The molecule has 1 aliphatic rings. The second-order valence-electron chi connectivity index (χ2n) is 9.75. The molecule has 1 N–H and O–H groups in total. The van der Waals surface area contributed by atoms with Crippen LogP contribution in [0.1, 0.15) is 44.9 Å². The monoisotopic (exact) mass is 506 g/mol. The number of hydrogen-bond donors (Lipinski definition) is 1. The normalized spacial score (nSPS) is 15.3. The highest BCUT2D eigenvalue weighted by molar-refractivity contribution is 5.68. The molecule has 3 aromatic rings. The predicted molar refractivity (Wildman–Crippen MR) is 127 cm³/mol. The van der Waals surface area contributed by atoms with E-state index in [2.05, 4.69) is 20.3 Å². The van der Waals surface area contributed by atoms with E-state index in [0.29, 0.717) is 31.6 Å². The van der Waals surface area contributed by atoms with Crippen molar-refractivity contribution in [2.24, 2.45) is 0 Å². The Balaban J connectivity index is 1.57. The fourth-order valence-corrected chi connectivity index (χ4v) is 4.14. The molecule has 12 heteroatoms. The van der Waals surface area contributed by atoms with E-state index in [1.807, 2.05) is 0 Å². The predicted octanol–water partition coefficient (Wildman–Crippen LogP) is 4.62. The molecule has 1 saturated heterocycles. The number of nitrogens with one attached hydrogen (secondary N) is 1. The van der Waals surface area contributed by atoms with Gasteiger partial charge >= 0.3 is 12.3 Å². The van der Waals surface area contributed by atoms with E-state index >= 15 is 0 Å². The number of aromatic nitrogens is 4. The molecule has 0 saturated carbocycles. The minimum Gasteiger partial charge on any atom is -0.478 e. The van der Waals surface area contributed by atoms with Crippen molar-refractivity contribution in [3.8, 4) is 17.1 Å². The minimum absolute atomic E-state index is 0.145. The number of halogens is 3. The smallest absolute Gasteiger partial charge is 0.419 e. The van der Waals surface area contributed by atoms with Crippen molar-refractivity contribution in [2.45, 2.75) is 58.4 Å². The molecule has 4 heterocycles. The quantitative estimate of drug-likeness (QED) is 0.552. The van der Waals surface area contributed by atoms with E-state index in [1.165, 1.54) is 13.3 Å². The topological polar surface area (TPSA) is 93.9 Å². The van der Waals surface area contributed by atoms with Gasteiger partial charge in [0.15, 0.2) is 0 Å². The maximum absolute atomic E-state index is 14.1. The first-order valence-electron chi connectivity index (χ1n) is 11.6. The van der Waals surface area contributed by atoms with Crippen LogP contribution in [0, 0.1) is 6.92 Å². The van der Waals surface area contributed by atoms with Gasteiger partial charge in [0.25, 0.3) is 5.88 Å². The van der Waals surface area contributed by atoms with Gasteiger partial charge in [0.1, 0.15) is 11.4 Å². The van der Waals surface area contributed by atoms with E-state index in [4.69, 9.17) is 9.47 Å². The Hall–Kier alpha value is -3.57. The number of aryl methyl sites for hydroxylation is 1. The number of amides is 1. The third-order valence-corrected chi connectivity index (χ3v) is 5.70. The number of hydrogen-bond acceptors (Lipinski definition) is 7. The van der Waals surface area contributed by atoms with E-state index in [-0.39, 0.29) is 29.0 Å². The summed E-state index contributed by atoms with van der Waals surface area (Å²) in [5, 5.41) is 2.79. The van der Waals surface area contributed by atoms with Gasteiger partial charge in [-0.15, -0.1) is 0 Å². The molecule has 0 bridgehead atoms. The van der Waals surface area contributed by atoms with Crippen molar-refractivity contribution in [3.05, 3.63) is 35.9 Å². The summed E-state index contributed by atoms with van der Waals surface area (Å²) < 4.78 is 54.6. The fraction of sp³-hybridized carbons (Fsp3) is 0.500. The third kappa shape index (κ3) is 5.63. The largest absolute Gasteiger partial charge is 0.478 e. The number of piperidine rings is 1. The third-order valence-electron chi connectivity index (χ3n) is 5.70. The first-order chi connectivity index (χ1) is 16.8. The number of carbonyl (C=O) groups excluding carboxylic acids is 1. The van der Waals surface area contributed by atoms with Crippen LogP contribution in [-0.4, -0.2) is 57.3 Å². The van der Waals surface area contributed by atoms with Crippen LogP contribution < -0.4 is 15.0 Å². The molecule has 194 valence electrons. The molecule has 9 nitrogen and oxygen atoms in total. The number of carbonyl (C=O) groups is 1. The Morgan fingerprint density at radius 2 is 1.83 bits per heavy atom. The number of anilines is 1. The summed E-state index contributed by atoms with van der Waals surface area (Å²) in [6, 6.07) is 0.872. The van der Waals surface area contributed by atoms with Gasteiger partial charge in [0, 0.05) is 43.3 Å². The first-order valence-corrected chi connectivity index (χ1v) is 11.6. The maximum Gasteiger partial charge on any atom is 0.419 e. The Bertz CT molecular complexity index is 1260. The van der Waals surface area contributed by atoms with Crippen molar-refractivity contribution >= 4 is 17.6 Å². The highest BCUT2D eigenvalue weighted by atomic mass is 19.4. The molecule has 0 radical (unpaired) electrons. The Kier molecular flexibility index (Phi) is 6.72. The molecule has 0 atom stereocenters. The molecular formula is C24H29F3N6O3. The molecule has 1 fully saturated rings. The number of alkyl carbamates (subject to hydrolysis) is 1. The SMILES string of the molecule is COc1nc(-c2cnc(N3CCC(NC(=O)OC(C)(C)C)CC3)c(C(F)(F)F)c2)cn2cc(C)nc12. The summed E-state index contributed by atoms with van der Waals surface area (Å²) in [7, 11) is 1.43. The number of ether oxygens (including phenoxy) is 2. The van der Waals surface area contributed by atoms with Crippen molar-refractivity contribution in [1.82, 2.24) is 24.7 Å². The van der Waals surface area contributed by atoms with Crippen molar-refractivity contribution < 1.29 is 27.4 Å². The van der Waals surface area contributed by atoms with Gasteiger partial charge in [-0.1, -0.05) is 0 Å². The van der Waals surface area contributed by atoms with Crippen LogP contribution in [0.2, 0.25) is 0 Å². The van der Waals surface area contributed by atoms with E-state index in [1.54, 1.807) is 49.4 Å². The van der Waals surface area contributed by atoms with Crippen molar-refractivity contribution in [3.63, 3.8) is 0 Å². The van der Waals surface area contributed by atoms with Gasteiger partial charge < -0.3 is 24.1 Å². The lowest BCUT2D eigenvalue weighted by Crippen LogP contribution is -2.46. The number of imidazole rings is 1. The van der Waals surface area contributed by atoms with Gasteiger partial charge in [-0.05, 0) is 46.6 Å². The summed E-state index contributed by atoms with van der Waals surface area (Å²) in [4.78, 5) is 26.5. The van der Waals surface area contributed by atoms with Crippen LogP contribution in [0.15, 0.2) is 24.7 Å². The zero-order valence-electron chi connectivity index (χ0n) is 20.8. The first kappa shape index (κ1) is 25.5. The molecular weight excluding hydrogens is 477 g/mol. The maximum atomic E-state index is 14.1. The molecule has 0 unspecified atom stereocenters. The van der Waals surface area contributed by atoms with Gasteiger partial charge in [-0.2, -0.15) is 13.2 Å². The molecule has 0 aliphatic carbocycles. The summed E-state index contributed by atoms with van der Waals surface area (Å²) >= 11 is 0. The fourth-order valence-electron chi connectivity index (χ4n) is 4.14. The van der Waals surface area contributed by atoms with Gasteiger partial charge in [0.2, 0.25) is 5.65 Å². The van der Waals surface area contributed by atoms with Gasteiger partial charge in [0.05, 0.1) is 24.1 Å². The molecule has 3 aromatic heterocycles. The molecule has 1 amide bonds. The summed E-state index contributed by atoms with van der Waals surface area (Å²) in [6.45, 7) is 7.72. The van der Waals surface area contributed by atoms with Gasteiger partial charge in [-0.25, -0.2) is 19.7 Å². The highest BCUT2D eigenvalue weighted by Crippen LogP contribution is 2.38. The van der Waals surface area contributed by atoms with Crippen molar-refractivity contribution in [2.75, 3.05) is 25.1 Å². The molecule has 36 heavy (non-hydrogen) atoms. The van der Waals surface area contributed by atoms with Crippen LogP contribution in [0.4, 0.5) is 23.8 Å². The van der Waals surface area contributed by atoms with E-state index < -0.39 is 23.4 Å². The highest BCUT2D eigenvalue weighted by Gasteiger charge is 2.37. The lowest BCUT2D eigenvalue weighted by atomic mass is 10.0. The lowest BCUT2D eigenvalue weighted by molar-refractivity contribution is -0.137. The Labute approximate surface area is 206 Å². The van der Waals surface area contributed by atoms with Crippen LogP contribution in [0.25, 0.3) is 16.9 Å². The second kappa shape index (κ2) is 9.47. The van der Waals surface area contributed by atoms with Gasteiger partial charge in [-0.3, -0.25) is 0 Å². The van der Waals surface area contributed by atoms with E-state index in [0.717, 1.165) is 11.8 Å². The molecule has 1 aliphatic heterocycles. The number of rotatable bonds is 4. The lowest BCUT2D eigenvalue weighted by Gasteiger charge is -2.34. The number of fused-ring (bicyclic) bond motifs is 1. The minimum atomic E-state index is -4.62. The second-order valence-corrected chi connectivity index (χ2v) is 9.75. The molecule has 0 spiro atoms. The number of alkyl halides is 3. The molecule has 4 rings (SSSR count). The van der Waals surface area contributed by atoms with Crippen molar-refractivity contribution in [1.29, 1.82) is 0 Å². The van der Waals surface area contributed by atoms with Crippen LogP contribution in [-0.2, 0) is 10.9 Å². The number of pyridine rings is 1. The van der Waals surface area contributed by atoms with Crippen LogP contribution in [0.5, 0.6) is 5.88 Å². The average molecular weight is 507 g/mol. The van der Waals surface area contributed by atoms with E-state index in [9.17, 15) is 18.0 Å². The zero-order valence-corrected chi connectivity index (χ0v) is 20.8. The average Bonchev–Trinajstić information content (AvgIpc) is 3.17. The summed E-state index contributed by atoms with van der Waals surface area (Å²) in [5.41, 5.74) is 0.212. The Morgan fingerprint density at radius 3 is 2.44 bits per heavy atom. The Morgan fingerprint density at radius 1 is 1.14 bits per heavy atom. The number of nitrogens with zero attached hydrogens (tertiary/aromatic N) is 5. The number of methoxy groups -OCH3 is 1. The van der Waals surface area contributed by atoms with Crippen LogP contribution >= 0.6 is 0 Å². The summed E-state index contributed by atoms with van der Waals surface area (Å²) in [6.07, 6.45) is 0.502. The van der Waals surface area contributed by atoms with Crippen LogP contribution in [0.3, 0.4) is 0 Å². The zero-order chi connectivity index (χ0) is 26.3. The molecule has 0 aromatic carbocycles. The summed E-state index contributed by atoms with van der Waals surface area (Å²) in [5.74, 6) is 0.0614.